The number of halogens is 1. The van der Waals surface area contributed by atoms with Gasteiger partial charge in [0, 0.05) is 18.2 Å². The first-order valence-electron chi connectivity index (χ1n) is 7.61. The van der Waals surface area contributed by atoms with E-state index in [1.54, 1.807) is 18.2 Å². The number of hydrogen-bond donors (Lipinski definition) is 1. The second-order valence-corrected chi connectivity index (χ2v) is 5.80. The predicted octanol–water partition coefficient (Wildman–Crippen LogP) is 3.19. The number of anilines is 1. The van der Waals surface area contributed by atoms with E-state index in [0.717, 1.165) is 5.56 Å². The Hall–Kier alpha value is -2.73. The number of amides is 1. The van der Waals surface area contributed by atoms with Crippen LogP contribution in [-0.2, 0) is 14.3 Å². The average molecular weight is 361 g/mol. The van der Waals surface area contributed by atoms with Gasteiger partial charge in [-0.15, -0.1) is 0 Å². The van der Waals surface area contributed by atoms with Gasteiger partial charge in [-0.1, -0.05) is 41.4 Å². The van der Waals surface area contributed by atoms with Crippen molar-refractivity contribution in [2.24, 2.45) is 0 Å². The predicted molar refractivity (Wildman–Crippen MR) is 93.6 cm³/mol. The zero-order chi connectivity index (χ0) is 18.2. The van der Waals surface area contributed by atoms with Crippen molar-refractivity contribution in [2.75, 3.05) is 11.9 Å². The molecule has 25 heavy (non-hydrogen) atoms. The van der Waals surface area contributed by atoms with Crippen LogP contribution in [0.5, 0.6) is 0 Å². The topological polar surface area (TPSA) is 85.4 Å². The number of pyridine rings is 1. The molecule has 0 spiro atoms. The molecule has 130 valence electrons. The molecule has 0 radical (unpaired) electrons. The van der Waals surface area contributed by atoms with E-state index in [0.29, 0.717) is 16.4 Å². The largest absolute Gasteiger partial charge is 0.456 e. The molecule has 0 atom stereocenters. The fourth-order valence-electron chi connectivity index (χ4n) is 1.95. The third-order valence-electron chi connectivity index (χ3n) is 3.29. The number of ether oxygens (including phenoxy) is 1. The second kappa shape index (κ2) is 8.94. The van der Waals surface area contributed by atoms with Gasteiger partial charge in [0.2, 0.25) is 0 Å². The summed E-state index contributed by atoms with van der Waals surface area (Å²) in [6, 6.07) is 10.2. The summed E-state index contributed by atoms with van der Waals surface area (Å²) < 4.78 is 4.85. The van der Waals surface area contributed by atoms with Crippen LogP contribution in [0.3, 0.4) is 0 Å². The number of rotatable bonds is 7. The summed E-state index contributed by atoms with van der Waals surface area (Å²) >= 11 is 5.69. The molecule has 0 saturated carbocycles. The molecule has 0 aliphatic heterocycles. The van der Waals surface area contributed by atoms with Gasteiger partial charge in [-0.05, 0) is 19.1 Å². The van der Waals surface area contributed by atoms with E-state index in [2.05, 4.69) is 10.3 Å². The molecular weight excluding hydrogens is 344 g/mol. The standard InChI is InChI=1S/C18H17ClN2O4/c1-12-2-4-13(5-3-12)15(22)7-9-18(24)25-11-17(23)21-16-8-6-14(19)10-20-16/h2-6,8,10H,7,9,11H2,1H3,(H,20,21,23). The number of Topliss-reactive ketones (excluding diaryl/α,β-unsaturated/α-hetero) is 1. The molecule has 0 fully saturated rings. The highest BCUT2D eigenvalue weighted by Crippen LogP contribution is 2.10. The molecule has 0 unspecified atom stereocenters. The summed E-state index contributed by atoms with van der Waals surface area (Å²) in [4.78, 5) is 39.2. The molecule has 1 heterocycles. The van der Waals surface area contributed by atoms with Crippen molar-refractivity contribution in [3.8, 4) is 0 Å². The highest BCUT2D eigenvalue weighted by molar-refractivity contribution is 6.30. The van der Waals surface area contributed by atoms with E-state index in [9.17, 15) is 14.4 Å². The van der Waals surface area contributed by atoms with E-state index < -0.39 is 18.5 Å². The van der Waals surface area contributed by atoms with Crippen LogP contribution in [0.1, 0.15) is 28.8 Å². The monoisotopic (exact) mass is 360 g/mol. The zero-order valence-corrected chi connectivity index (χ0v) is 14.4. The minimum atomic E-state index is -0.611. The lowest BCUT2D eigenvalue weighted by Gasteiger charge is -2.06. The van der Waals surface area contributed by atoms with Crippen molar-refractivity contribution in [3.05, 3.63) is 58.7 Å². The fourth-order valence-corrected chi connectivity index (χ4v) is 2.06. The first-order chi connectivity index (χ1) is 11.9. The number of esters is 1. The SMILES string of the molecule is Cc1ccc(C(=O)CCC(=O)OCC(=O)Nc2ccc(Cl)cn2)cc1. The molecule has 1 aromatic heterocycles. The van der Waals surface area contributed by atoms with Crippen LogP contribution < -0.4 is 5.32 Å². The van der Waals surface area contributed by atoms with Gasteiger partial charge < -0.3 is 10.1 Å². The minimum Gasteiger partial charge on any atom is -0.456 e. The molecule has 0 aliphatic carbocycles. The molecule has 0 saturated heterocycles. The van der Waals surface area contributed by atoms with Crippen LogP contribution in [0, 0.1) is 6.92 Å². The van der Waals surface area contributed by atoms with Gasteiger partial charge in [0.15, 0.2) is 12.4 Å². The molecule has 0 aliphatic rings. The molecule has 1 aromatic carbocycles. The van der Waals surface area contributed by atoms with E-state index in [1.807, 2.05) is 19.1 Å². The summed E-state index contributed by atoms with van der Waals surface area (Å²) in [7, 11) is 0. The van der Waals surface area contributed by atoms with Gasteiger partial charge in [-0.25, -0.2) is 4.98 Å². The van der Waals surface area contributed by atoms with Crippen LogP contribution >= 0.6 is 11.6 Å². The van der Waals surface area contributed by atoms with Gasteiger partial charge in [0.1, 0.15) is 5.82 Å². The van der Waals surface area contributed by atoms with Crippen molar-refractivity contribution < 1.29 is 19.1 Å². The normalized spacial score (nSPS) is 10.2. The third-order valence-corrected chi connectivity index (χ3v) is 3.51. The Bertz CT molecular complexity index is 758. The lowest BCUT2D eigenvalue weighted by Crippen LogP contribution is -2.21. The maximum atomic E-state index is 12.0. The Morgan fingerprint density at radius 2 is 1.80 bits per heavy atom. The lowest BCUT2D eigenvalue weighted by atomic mass is 10.1. The van der Waals surface area contributed by atoms with Gasteiger partial charge in [0.25, 0.3) is 5.91 Å². The smallest absolute Gasteiger partial charge is 0.306 e. The molecule has 0 bridgehead atoms. The fraction of sp³-hybridized carbons (Fsp3) is 0.222. The Labute approximate surface area is 150 Å². The van der Waals surface area contributed by atoms with E-state index >= 15 is 0 Å². The quantitative estimate of drug-likeness (QED) is 0.605. The Kier molecular flexibility index (Phi) is 6.65. The first-order valence-corrected chi connectivity index (χ1v) is 7.99. The van der Waals surface area contributed by atoms with Crippen LogP contribution in [-0.4, -0.2) is 29.3 Å². The summed E-state index contributed by atoms with van der Waals surface area (Å²) in [6.45, 7) is 1.48. The van der Waals surface area contributed by atoms with Gasteiger partial charge in [0.05, 0.1) is 11.4 Å². The molecule has 7 heteroatoms. The maximum Gasteiger partial charge on any atom is 0.306 e. The van der Waals surface area contributed by atoms with Crippen LogP contribution in [0.25, 0.3) is 0 Å². The Morgan fingerprint density at radius 1 is 1.08 bits per heavy atom. The van der Waals surface area contributed by atoms with Crippen LogP contribution in [0.2, 0.25) is 5.02 Å². The third kappa shape index (κ3) is 6.35. The molecule has 1 N–H and O–H groups in total. The van der Waals surface area contributed by atoms with E-state index in [4.69, 9.17) is 16.3 Å². The number of benzene rings is 1. The summed E-state index contributed by atoms with van der Waals surface area (Å²) in [6.07, 6.45) is 1.33. The number of nitrogens with zero attached hydrogens (tertiary/aromatic N) is 1. The number of aryl methyl sites for hydroxylation is 1. The minimum absolute atomic E-state index is 0.0300. The molecule has 2 aromatic rings. The highest BCUT2D eigenvalue weighted by atomic mass is 35.5. The van der Waals surface area contributed by atoms with Crippen LogP contribution in [0.15, 0.2) is 42.6 Å². The summed E-state index contributed by atoms with van der Waals surface area (Å²) in [5.41, 5.74) is 1.60. The van der Waals surface area contributed by atoms with E-state index in [-0.39, 0.29) is 18.6 Å². The Balaban J connectivity index is 1.71. The van der Waals surface area contributed by atoms with Crippen molar-refractivity contribution >= 4 is 35.1 Å². The lowest BCUT2D eigenvalue weighted by molar-refractivity contribution is -0.147. The van der Waals surface area contributed by atoms with Crippen molar-refractivity contribution in [1.82, 2.24) is 4.98 Å². The Morgan fingerprint density at radius 3 is 2.44 bits per heavy atom. The second-order valence-electron chi connectivity index (χ2n) is 5.36. The van der Waals surface area contributed by atoms with Gasteiger partial charge in [-0.2, -0.15) is 0 Å². The number of aromatic nitrogens is 1. The van der Waals surface area contributed by atoms with Crippen molar-refractivity contribution in [3.63, 3.8) is 0 Å². The average Bonchev–Trinajstić information content (AvgIpc) is 2.60. The molecule has 2 rings (SSSR count). The number of hydrogen-bond acceptors (Lipinski definition) is 5. The first kappa shape index (κ1) is 18.6. The number of ketones is 1. The summed E-state index contributed by atoms with van der Waals surface area (Å²) in [5.74, 6) is -0.973. The highest BCUT2D eigenvalue weighted by Gasteiger charge is 2.12. The van der Waals surface area contributed by atoms with Crippen molar-refractivity contribution in [2.45, 2.75) is 19.8 Å². The zero-order valence-electron chi connectivity index (χ0n) is 13.6. The molecular formula is C18H17ClN2O4. The summed E-state index contributed by atoms with van der Waals surface area (Å²) in [5, 5.41) is 2.91. The molecule has 1 amide bonds. The van der Waals surface area contributed by atoms with Gasteiger partial charge in [-0.3, -0.25) is 14.4 Å². The number of carbonyl (C=O) groups excluding carboxylic acids is 3. The molecule has 6 nitrogen and oxygen atoms in total. The van der Waals surface area contributed by atoms with Crippen molar-refractivity contribution in [1.29, 1.82) is 0 Å². The number of carbonyl (C=O) groups is 3. The van der Waals surface area contributed by atoms with E-state index in [1.165, 1.54) is 12.3 Å². The van der Waals surface area contributed by atoms with Gasteiger partial charge >= 0.3 is 5.97 Å². The number of nitrogens with one attached hydrogen (secondary N) is 1. The maximum absolute atomic E-state index is 12.0. The van der Waals surface area contributed by atoms with Crippen LogP contribution in [0.4, 0.5) is 5.82 Å².